The van der Waals surface area contributed by atoms with E-state index in [1.807, 2.05) is 20.8 Å². The van der Waals surface area contributed by atoms with Crippen molar-refractivity contribution in [3.05, 3.63) is 0 Å². The lowest BCUT2D eigenvalue weighted by Crippen LogP contribution is -2.54. The lowest BCUT2D eigenvalue weighted by Gasteiger charge is -2.61. The van der Waals surface area contributed by atoms with E-state index in [-0.39, 0.29) is 29.3 Å². The van der Waals surface area contributed by atoms with Crippen LogP contribution < -0.4 is 5.73 Å². The second-order valence-electron chi connectivity index (χ2n) is 12.0. The van der Waals surface area contributed by atoms with Gasteiger partial charge in [0.25, 0.3) is 0 Å². The number of carbonyl (C=O) groups excluding carboxylic acids is 2. The Labute approximate surface area is 183 Å². The third kappa shape index (κ3) is 3.45. The Morgan fingerprint density at radius 1 is 0.933 bits per heavy atom. The summed E-state index contributed by atoms with van der Waals surface area (Å²) in [6, 6.07) is -0.512. The van der Waals surface area contributed by atoms with Crippen molar-refractivity contribution >= 4 is 11.8 Å². The second kappa shape index (κ2) is 7.90. The molecule has 4 heteroatoms. The van der Waals surface area contributed by atoms with Crippen molar-refractivity contribution in [1.82, 2.24) is 0 Å². The van der Waals surface area contributed by atoms with E-state index in [1.54, 1.807) is 0 Å². The molecule has 4 aliphatic rings. The number of hydrogen-bond acceptors (Lipinski definition) is 4. The van der Waals surface area contributed by atoms with Crippen LogP contribution in [0.3, 0.4) is 0 Å². The Hall–Kier alpha value is -0.900. The highest BCUT2D eigenvalue weighted by molar-refractivity contribution is 5.79. The van der Waals surface area contributed by atoms with Crippen LogP contribution in [0, 0.1) is 46.3 Å². The third-order valence-corrected chi connectivity index (χ3v) is 10.4. The fourth-order valence-corrected chi connectivity index (χ4v) is 8.51. The molecular weight excluding hydrogens is 374 g/mol. The maximum Gasteiger partial charge on any atom is 0.323 e. The maximum absolute atomic E-state index is 12.4. The van der Waals surface area contributed by atoms with Gasteiger partial charge in [-0.05, 0) is 105 Å². The molecule has 4 nitrogen and oxygen atoms in total. The summed E-state index contributed by atoms with van der Waals surface area (Å²) in [6.45, 7) is 10.7. The summed E-state index contributed by atoms with van der Waals surface area (Å²) in [5.41, 5.74) is 6.61. The Balaban J connectivity index is 1.45. The van der Waals surface area contributed by atoms with Crippen molar-refractivity contribution in [2.24, 2.45) is 52.1 Å². The van der Waals surface area contributed by atoms with Crippen LogP contribution in [-0.2, 0) is 14.3 Å². The fraction of sp³-hybridized carbons (Fsp3) is 0.923. The molecule has 170 valence electrons. The molecule has 0 spiro atoms. The first-order valence-electron chi connectivity index (χ1n) is 12.5. The van der Waals surface area contributed by atoms with Gasteiger partial charge in [-0.3, -0.25) is 9.59 Å². The number of hydrogen-bond donors (Lipinski definition) is 1. The van der Waals surface area contributed by atoms with Gasteiger partial charge in [-0.1, -0.05) is 27.7 Å². The molecule has 2 N–H and O–H groups in total. The van der Waals surface area contributed by atoms with E-state index in [4.69, 9.17) is 10.5 Å². The minimum Gasteiger partial charge on any atom is -0.461 e. The zero-order chi connectivity index (χ0) is 21.8. The van der Waals surface area contributed by atoms with Gasteiger partial charge in [-0.15, -0.1) is 0 Å². The average Bonchev–Trinajstić information content (AvgIpc) is 3.05. The summed E-state index contributed by atoms with van der Waals surface area (Å²) < 4.78 is 5.87. The highest BCUT2D eigenvalue weighted by Gasteiger charge is 2.60. The van der Waals surface area contributed by atoms with Crippen LogP contribution in [0.25, 0.3) is 0 Å². The molecule has 0 radical (unpaired) electrons. The summed E-state index contributed by atoms with van der Waals surface area (Å²) in [5.74, 6) is 3.52. The molecule has 0 aromatic carbocycles. The second-order valence-corrected chi connectivity index (χ2v) is 12.0. The van der Waals surface area contributed by atoms with Crippen molar-refractivity contribution < 1.29 is 14.3 Å². The summed E-state index contributed by atoms with van der Waals surface area (Å²) in [4.78, 5) is 24.7. The zero-order valence-corrected chi connectivity index (χ0v) is 19.8. The number of carbonyl (C=O) groups is 2. The molecule has 9 atom stereocenters. The molecule has 4 rings (SSSR count). The van der Waals surface area contributed by atoms with E-state index in [2.05, 4.69) is 13.8 Å². The van der Waals surface area contributed by atoms with Crippen LogP contribution in [-0.4, -0.2) is 23.9 Å². The number of rotatable bonds is 4. The molecular formula is C26H43NO3. The van der Waals surface area contributed by atoms with E-state index in [0.717, 1.165) is 43.4 Å². The van der Waals surface area contributed by atoms with E-state index in [0.29, 0.717) is 17.1 Å². The molecule has 0 aromatic heterocycles. The lowest BCUT2D eigenvalue weighted by molar-refractivity contribution is -0.165. The van der Waals surface area contributed by atoms with E-state index in [1.165, 1.54) is 32.1 Å². The molecule has 0 amide bonds. The predicted molar refractivity (Wildman–Crippen MR) is 119 cm³/mol. The SMILES string of the molecule is CC(=O)[C@H]1CC[C@H]2[C@@H]3CC[C@H]4C[C@H](OC(=O)[C@@H](N)C(C)C)CC[C@]4(C)[C@H]3CC[C@]12C. The van der Waals surface area contributed by atoms with Crippen molar-refractivity contribution in [1.29, 1.82) is 0 Å². The molecule has 4 fully saturated rings. The first-order chi connectivity index (χ1) is 14.1. The summed E-state index contributed by atoms with van der Waals surface area (Å²) in [5, 5.41) is 0. The highest BCUT2D eigenvalue weighted by Crippen LogP contribution is 2.67. The lowest BCUT2D eigenvalue weighted by atomic mass is 9.44. The predicted octanol–water partition coefficient (Wildman–Crippen LogP) is 5.13. The van der Waals surface area contributed by atoms with Gasteiger partial charge in [0.1, 0.15) is 17.9 Å². The molecule has 0 saturated heterocycles. The maximum atomic E-state index is 12.4. The molecule has 4 saturated carbocycles. The minimum atomic E-state index is -0.512. The van der Waals surface area contributed by atoms with Crippen LogP contribution in [0.4, 0.5) is 0 Å². The number of fused-ring (bicyclic) bond motifs is 5. The Kier molecular flexibility index (Phi) is 5.87. The largest absolute Gasteiger partial charge is 0.461 e. The van der Waals surface area contributed by atoms with Crippen molar-refractivity contribution in [2.45, 2.75) is 105 Å². The number of ketones is 1. The first kappa shape index (κ1) is 22.3. The number of Topliss-reactive ketones (excluding diaryl/α,β-unsaturated/α-hetero) is 1. The third-order valence-electron chi connectivity index (χ3n) is 10.4. The molecule has 0 aromatic rings. The van der Waals surface area contributed by atoms with Gasteiger partial charge in [0.15, 0.2) is 0 Å². The fourth-order valence-electron chi connectivity index (χ4n) is 8.51. The number of ether oxygens (including phenoxy) is 1. The van der Waals surface area contributed by atoms with Gasteiger partial charge in [0.2, 0.25) is 0 Å². The summed E-state index contributed by atoms with van der Waals surface area (Å²) in [6.07, 6.45) is 10.6. The molecule has 0 bridgehead atoms. The van der Waals surface area contributed by atoms with Crippen LogP contribution in [0.1, 0.15) is 92.4 Å². The first-order valence-corrected chi connectivity index (χ1v) is 12.5. The molecule has 0 unspecified atom stereocenters. The highest BCUT2D eigenvalue weighted by atomic mass is 16.5. The van der Waals surface area contributed by atoms with Gasteiger partial charge in [-0.2, -0.15) is 0 Å². The van der Waals surface area contributed by atoms with Crippen molar-refractivity contribution in [3.63, 3.8) is 0 Å². The van der Waals surface area contributed by atoms with Gasteiger partial charge in [0.05, 0.1) is 0 Å². The van der Waals surface area contributed by atoms with Crippen LogP contribution in [0.2, 0.25) is 0 Å². The van der Waals surface area contributed by atoms with Gasteiger partial charge < -0.3 is 10.5 Å². The van der Waals surface area contributed by atoms with Gasteiger partial charge >= 0.3 is 5.97 Å². The van der Waals surface area contributed by atoms with E-state index < -0.39 is 6.04 Å². The Morgan fingerprint density at radius 3 is 2.27 bits per heavy atom. The van der Waals surface area contributed by atoms with Gasteiger partial charge in [-0.25, -0.2) is 0 Å². The smallest absolute Gasteiger partial charge is 0.323 e. The monoisotopic (exact) mass is 417 g/mol. The molecule has 4 aliphatic carbocycles. The van der Waals surface area contributed by atoms with Crippen LogP contribution >= 0.6 is 0 Å². The standard InChI is InChI=1S/C26H43NO3/c1-15(2)23(27)24(29)30-18-10-12-25(4)17(14-18)6-7-19-21-9-8-20(16(3)28)26(21,5)13-11-22(19)25/h15,17-23H,6-14,27H2,1-5H3/t17-,18+,19-,20+,21-,22-,23-,25-,26+/m0/s1. The quantitative estimate of drug-likeness (QED) is 0.644. The molecule has 0 aliphatic heterocycles. The van der Waals surface area contributed by atoms with Gasteiger partial charge in [0, 0.05) is 5.92 Å². The Morgan fingerprint density at radius 2 is 1.60 bits per heavy atom. The molecule has 0 heterocycles. The summed E-state index contributed by atoms with van der Waals surface area (Å²) in [7, 11) is 0. The summed E-state index contributed by atoms with van der Waals surface area (Å²) >= 11 is 0. The van der Waals surface area contributed by atoms with Crippen LogP contribution in [0.5, 0.6) is 0 Å². The Bertz CT molecular complexity index is 690. The van der Waals surface area contributed by atoms with Crippen LogP contribution in [0.15, 0.2) is 0 Å². The topological polar surface area (TPSA) is 69.4 Å². The average molecular weight is 418 g/mol. The minimum absolute atomic E-state index is 0.0411. The van der Waals surface area contributed by atoms with Crippen molar-refractivity contribution in [3.8, 4) is 0 Å². The number of nitrogens with two attached hydrogens (primary N) is 1. The number of esters is 1. The normalized spacial score (nSPS) is 46.5. The molecule has 30 heavy (non-hydrogen) atoms. The zero-order valence-electron chi connectivity index (χ0n) is 19.8. The van der Waals surface area contributed by atoms with E-state index in [9.17, 15) is 9.59 Å². The van der Waals surface area contributed by atoms with E-state index >= 15 is 0 Å². The van der Waals surface area contributed by atoms with Crippen molar-refractivity contribution in [2.75, 3.05) is 0 Å².